The number of aryl methyl sites for hydroxylation is 1. The predicted octanol–water partition coefficient (Wildman–Crippen LogP) is 4.49. The number of hydrogen-bond acceptors (Lipinski definition) is 2. The van der Waals surface area contributed by atoms with Crippen molar-refractivity contribution in [3.63, 3.8) is 0 Å². The number of benzene rings is 1. The number of nitrogens with zero attached hydrogens (tertiary/aromatic N) is 2. The number of hydrogen-bond donors (Lipinski definition) is 1. The lowest BCUT2D eigenvalue weighted by Crippen LogP contribution is -1.99. The Balaban J connectivity index is 2.38. The summed E-state index contributed by atoms with van der Waals surface area (Å²) in [4.78, 5) is 4.80. The van der Waals surface area contributed by atoms with Crippen molar-refractivity contribution in [2.45, 2.75) is 26.7 Å². The largest absolute Gasteiger partial charge is 0.295 e. The number of aromatic nitrogens is 3. The lowest BCUT2D eigenvalue weighted by molar-refractivity contribution is 0.802. The summed E-state index contributed by atoms with van der Waals surface area (Å²) in [5.74, 6) is 0.362. The minimum atomic E-state index is 0.362. The van der Waals surface area contributed by atoms with Crippen molar-refractivity contribution in [2.75, 3.05) is 0 Å². The second-order valence-corrected chi connectivity index (χ2v) is 5.73. The predicted molar refractivity (Wildman–Crippen MR) is 84.6 cm³/mol. The van der Waals surface area contributed by atoms with E-state index in [1.54, 1.807) is 0 Å². The molecule has 0 radical (unpaired) electrons. The molecule has 0 unspecified atom stereocenters. The van der Waals surface area contributed by atoms with Gasteiger partial charge in [-0.05, 0) is 24.5 Å². The molecule has 0 amide bonds. The second kappa shape index (κ2) is 4.87. The highest BCUT2D eigenvalue weighted by Gasteiger charge is 2.14. The summed E-state index contributed by atoms with van der Waals surface area (Å²) in [6, 6.07) is 12.3. The van der Waals surface area contributed by atoms with Gasteiger partial charge in [0.25, 0.3) is 0 Å². The zero-order valence-electron chi connectivity index (χ0n) is 11.8. The van der Waals surface area contributed by atoms with Crippen LogP contribution in [0.5, 0.6) is 0 Å². The Labute approximate surface area is 123 Å². The van der Waals surface area contributed by atoms with Gasteiger partial charge in [0.1, 0.15) is 4.64 Å². The highest BCUT2D eigenvalue weighted by molar-refractivity contribution is 7.71. The van der Waals surface area contributed by atoms with E-state index in [2.05, 4.69) is 38.0 Å². The van der Waals surface area contributed by atoms with Crippen LogP contribution in [0.1, 0.15) is 31.2 Å². The van der Waals surface area contributed by atoms with Crippen molar-refractivity contribution >= 4 is 17.9 Å². The van der Waals surface area contributed by atoms with Gasteiger partial charge in [-0.25, -0.2) is 9.50 Å². The molecular weight excluding hydrogens is 266 g/mol. The molecule has 0 aliphatic carbocycles. The van der Waals surface area contributed by atoms with Crippen LogP contribution in [-0.2, 0) is 0 Å². The fourth-order valence-corrected chi connectivity index (χ4v) is 2.67. The van der Waals surface area contributed by atoms with Gasteiger partial charge in [0.05, 0.1) is 0 Å². The van der Waals surface area contributed by atoms with Gasteiger partial charge in [0, 0.05) is 17.0 Å². The zero-order chi connectivity index (χ0) is 14.3. The quantitative estimate of drug-likeness (QED) is 0.703. The molecule has 0 aliphatic heterocycles. The fourth-order valence-electron chi connectivity index (χ4n) is 2.41. The van der Waals surface area contributed by atoms with Crippen LogP contribution in [0, 0.1) is 11.6 Å². The van der Waals surface area contributed by atoms with Gasteiger partial charge in [0.2, 0.25) is 0 Å². The molecule has 0 aliphatic rings. The Hall–Kier alpha value is -1.94. The second-order valence-electron chi connectivity index (χ2n) is 5.31. The third-order valence-corrected chi connectivity index (χ3v) is 3.77. The fraction of sp³-hybridized carbons (Fsp3) is 0.250. The van der Waals surface area contributed by atoms with E-state index in [0.29, 0.717) is 5.92 Å². The Kier molecular flexibility index (Phi) is 3.18. The molecule has 102 valence electrons. The maximum atomic E-state index is 5.48. The summed E-state index contributed by atoms with van der Waals surface area (Å²) in [5.41, 5.74) is 5.30. The van der Waals surface area contributed by atoms with Crippen LogP contribution in [0.3, 0.4) is 0 Å². The molecule has 3 aromatic rings. The van der Waals surface area contributed by atoms with Gasteiger partial charge >= 0.3 is 0 Å². The highest BCUT2D eigenvalue weighted by Crippen LogP contribution is 2.28. The van der Waals surface area contributed by atoms with E-state index in [1.165, 1.54) is 0 Å². The van der Waals surface area contributed by atoms with Gasteiger partial charge in [-0.1, -0.05) is 56.4 Å². The Bertz CT molecular complexity index is 813. The van der Waals surface area contributed by atoms with Crippen LogP contribution in [0.4, 0.5) is 0 Å². The average molecular weight is 283 g/mol. The molecule has 1 aromatic carbocycles. The van der Waals surface area contributed by atoms with Gasteiger partial charge in [-0.2, -0.15) is 0 Å². The summed E-state index contributed by atoms with van der Waals surface area (Å²) in [6.45, 7) is 6.32. The first-order valence-corrected chi connectivity index (χ1v) is 7.16. The van der Waals surface area contributed by atoms with Crippen molar-refractivity contribution in [2.24, 2.45) is 0 Å². The summed E-state index contributed by atoms with van der Waals surface area (Å²) in [6.07, 6.45) is 0. The van der Waals surface area contributed by atoms with Gasteiger partial charge in [-0.15, -0.1) is 0 Å². The minimum absolute atomic E-state index is 0.362. The maximum absolute atomic E-state index is 5.48. The van der Waals surface area contributed by atoms with Crippen molar-refractivity contribution in [3.8, 4) is 11.1 Å². The Morgan fingerprint density at radius 3 is 2.55 bits per heavy atom. The molecule has 0 fully saturated rings. The normalized spacial score (nSPS) is 11.4. The van der Waals surface area contributed by atoms with E-state index in [9.17, 15) is 0 Å². The number of nitrogens with one attached hydrogen (secondary N) is 1. The third-order valence-electron chi connectivity index (χ3n) is 3.47. The van der Waals surface area contributed by atoms with E-state index in [-0.39, 0.29) is 0 Å². The van der Waals surface area contributed by atoms with Crippen molar-refractivity contribution in [1.82, 2.24) is 14.6 Å². The summed E-state index contributed by atoms with van der Waals surface area (Å²) < 4.78 is 2.66. The Morgan fingerprint density at radius 2 is 1.90 bits per heavy atom. The van der Waals surface area contributed by atoms with Crippen molar-refractivity contribution in [1.29, 1.82) is 0 Å². The third kappa shape index (κ3) is 2.06. The van der Waals surface area contributed by atoms with Crippen LogP contribution < -0.4 is 0 Å². The minimum Gasteiger partial charge on any atom is -0.295 e. The van der Waals surface area contributed by atoms with Crippen molar-refractivity contribution in [3.05, 3.63) is 52.4 Å². The van der Waals surface area contributed by atoms with Gasteiger partial charge in [0.15, 0.2) is 5.65 Å². The molecule has 2 aromatic heterocycles. The number of aromatic amines is 1. The first kappa shape index (κ1) is 13.1. The lowest BCUT2D eigenvalue weighted by atomic mass is 10.1. The van der Waals surface area contributed by atoms with Crippen molar-refractivity contribution < 1.29 is 0 Å². The highest BCUT2D eigenvalue weighted by atomic mass is 32.1. The summed E-state index contributed by atoms with van der Waals surface area (Å²) in [5, 5.41) is 3.31. The molecule has 0 bridgehead atoms. The van der Waals surface area contributed by atoms with E-state index in [4.69, 9.17) is 17.2 Å². The van der Waals surface area contributed by atoms with Gasteiger partial charge < -0.3 is 0 Å². The molecule has 4 heteroatoms. The number of rotatable bonds is 2. The first-order chi connectivity index (χ1) is 9.58. The molecule has 3 rings (SSSR count). The summed E-state index contributed by atoms with van der Waals surface area (Å²) >= 11 is 5.48. The van der Waals surface area contributed by atoms with Crippen LogP contribution >= 0.6 is 12.2 Å². The van der Waals surface area contributed by atoms with Crippen LogP contribution in [0.15, 0.2) is 36.4 Å². The molecule has 20 heavy (non-hydrogen) atoms. The molecule has 0 atom stereocenters. The molecular formula is C16H17N3S. The van der Waals surface area contributed by atoms with Crippen LogP contribution in [0.2, 0.25) is 0 Å². The average Bonchev–Trinajstić information content (AvgIpc) is 2.76. The molecule has 2 heterocycles. The van der Waals surface area contributed by atoms with Crippen LogP contribution in [-0.4, -0.2) is 14.6 Å². The molecule has 1 N–H and O–H groups in total. The lowest BCUT2D eigenvalue weighted by Gasteiger charge is -2.06. The van der Waals surface area contributed by atoms with E-state index >= 15 is 0 Å². The van der Waals surface area contributed by atoms with E-state index in [0.717, 1.165) is 32.8 Å². The summed E-state index contributed by atoms with van der Waals surface area (Å²) in [7, 11) is 0. The monoisotopic (exact) mass is 283 g/mol. The Morgan fingerprint density at radius 1 is 1.20 bits per heavy atom. The van der Waals surface area contributed by atoms with Gasteiger partial charge in [-0.3, -0.25) is 5.10 Å². The zero-order valence-corrected chi connectivity index (χ0v) is 12.7. The smallest absolute Gasteiger partial charge is 0.162 e. The van der Waals surface area contributed by atoms with Crippen LogP contribution in [0.25, 0.3) is 16.8 Å². The van der Waals surface area contributed by atoms with E-state index in [1.807, 2.05) is 28.8 Å². The molecule has 0 saturated carbocycles. The maximum Gasteiger partial charge on any atom is 0.162 e. The molecule has 0 saturated heterocycles. The standard InChI is InChI=1S/C16H17N3S/c1-10(2)13-9-14(20)19-16(17-13)15(11(3)18-19)12-7-5-4-6-8-12/h4-10,18H,1-3H3. The topological polar surface area (TPSA) is 33.1 Å². The number of H-pyrrole nitrogens is 1. The molecule has 3 nitrogen and oxygen atoms in total. The van der Waals surface area contributed by atoms with E-state index < -0.39 is 0 Å². The first-order valence-electron chi connectivity index (χ1n) is 6.75. The SMILES string of the molecule is Cc1[nH]n2c(=S)cc(C(C)C)nc2c1-c1ccccc1. The molecule has 0 spiro atoms. The number of fused-ring (bicyclic) bond motifs is 1.